The summed E-state index contributed by atoms with van der Waals surface area (Å²) in [6.45, 7) is 1.71. The molecule has 3 rings (SSSR count). The van der Waals surface area contributed by atoms with Crippen LogP contribution in [0.5, 0.6) is 11.5 Å². The zero-order valence-corrected chi connectivity index (χ0v) is 19.6. The van der Waals surface area contributed by atoms with Crippen LogP contribution in [0.1, 0.15) is 34.4 Å². The number of benzene rings is 2. The molecular formula is C24H24F3N3O4S. The lowest BCUT2D eigenvalue weighted by Crippen LogP contribution is -2.33. The Morgan fingerprint density at radius 3 is 2.43 bits per heavy atom. The Balaban J connectivity index is 1.37. The molecule has 1 atom stereocenters. The molecule has 0 saturated heterocycles. The fourth-order valence-corrected chi connectivity index (χ4v) is 3.72. The molecule has 0 bridgehead atoms. The van der Waals surface area contributed by atoms with Crippen molar-refractivity contribution in [2.24, 2.45) is 0 Å². The number of aryl methyl sites for hydroxylation is 1. The molecule has 11 heteroatoms. The molecule has 0 fully saturated rings. The summed E-state index contributed by atoms with van der Waals surface area (Å²) in [4.78, 5) is 28.7. The smallest absolute Gasteiger partial charge is 0.484 e. The zero-order valence-electron chi connectivity index (χ0n) is 18.8. The minimum atomic E-state index is -4.78. The van der Waals surface area contributed by atoms with Crippen LogP contribution < -0.4 is 20.1 Å². The number of thiazole rings is 1. The predicted octanol–water partition coefficient (Wildman–Crippen LogP) is 4.49. The molecule has 0 aliphatic carbocycles. The Morgan fingerprint density at radius 2 is 1.74 bits per heavy atom. The third kappa shape index (κ3) is 9.28. The van der Waals surface area contributed by atoms with Crippen LogP contribution in [0.25, 0.3) is 0 Å². The molecule has 0 radical (unpaired) electrons. The third-order valence-corrected chi connectivity index (χ3v) is 5.58. The summed E-state index contributed by atoms with van der Waals surface area (Å²) in [5.41, 5.74) is 1.49. The van der Waals surface area contributed by atoms with Crippen molar-refractivity contribution in [1.29, 1.82) is 0 Å². The molecule has 3 aromatic rings. The Kier molecular flexibility index (Phi) is 9.07. The largest absolute Gasteiger partial charge is 0.573 e. The number of hydrogen-bond acceptors (Lipinski definition) is 6. The van der Waals surface area contributed by atoms with Gasteiger partial charge in [-0.25, -0.2) is 4.98 Å². The van der Waals surface area contributed by atoms with Crippen molar-refractivity contribution in [3.8, 4) is 11.5 Å². The van der Waals surface area contributed by atoms with Gasteiger partial charge in [-0.1, -0.05) is 30.3 Å². The normalized spacial score (nSPS) is 12.0. The second-order valence-corrected chi connectivity index (χ2v) is 8.55. The number of carbonyl (C=O) groups is 2. The van der Waals surface area contributed by atoms with Crippen molar-refractivity contribution in [3.63, 3.8) is 0 Å². The van der Waals surface area contributed by atoms with Gasteiger partial charge in [-0.2, -0.15) is 0 Å². The molecule has 7 nitrogen and oxygen atoms in total. The maximum atomic E-state index is 12.4. The van der Waals surface area contributed by atoms with Crippen LogP contribution in [0.3, 0.4) is 0 Å². The molecule has 2 aromatic carbocycles. The Labute approximate surface area is 204 Å². The van der Waals surface area contributed by atoms with Gasteiger partial charge in [-0.05, 0) is 49.6 Å². The number of rotatable bonds is 11. The summed E-state index contributed by atoms with van der Waals surface area (Å²) in [5, 5.41) is 7.72. The molecule has 0 aliphatic heterocycles. The summed E-state index contributed by atoms with van der Waals surface area (Å²) in [5.74, 6) is -0.898. The van der Waals surface area contributed by atoms with Crippen molar-refractivity contribution in [1.82, 2.24) is 15.6 Å². The average molecular weight is 508 g/mol. The molecule has 0 saturated carbocycles. The van der Waals surface area contributed by atoms with Gasteiger partial charge in [0.15, 0.2) is 6.61 Å². The van der Waals surface area contributed by atoms with Crippen LogP contribution in [0.4, 0.5) is 13.2 Å². The highest BCUT2D eigenvalue weighted by molar-refractivity contribution is 7.09. The number of nitrogens with one attached hydrogen (secondary N) is 2. The second kappa shape index (κ2) is 12.2. The first-order valence-corrected chi connectivity index (χ1v) is 11.6. The van der Waals surface area contributed by atoms with Gasteiger partial charge in [-0.3, -0.25) is 9.59 Å². The molecule has 1 unspecified atom stereocenters. The van der Waals surface area contributed by atoms with E-state index in [1.54, 1.807) is 5.38 Å². The van der Waals surface area contributed by atoms with Crippen LogP contribution in [0.2, 0.25) is 0 Å². The first kappa shape index (κ1) is 26.0. The van der Waals surface area contributed by atoms with E-state index in [-0.39, 0.29) is 42.3 Å². The van der Waals surface area contributed by atoms with E-state index in [2.05, 4.69) is 20.4 Å². The van der Waals surface area contributed by atoms with Gasteiger partial charge in [0, 0.05) is 11.4 Å². The van der Waals surface area contributed by atoms with E-state index in [0.717, 1.165) is 25.0 Å². The first-order chi connectivity index (χ1) is 16.7. The second-order valence-electron chi connectivity index (χ2n) is 7.61. The highest BCUT2D eigenvalue weighted by Crippen LogP contribution is 2.24. The third-order valence-electron chi connectivity index (χ3n) is 4.73. The highest BCUT2D eigenvalue weighted by Gasteiger charge is 2.31. The van der Waals surface area contributed by atoms with Crippen molar-refractivity contribution in [2.45, 2.75) is 38.7 Å². The number of carbonyl (C=O) groups excluding carboxylic acids is 2. The molecule has 1 heterocycles. The molecular weight excluding hydrogens is 483 g/mol. The highest BCUT2D eigenvalue weighted by atomic mass is 32.1. The van der Waals surface area contributed by atoms with Crippen LogP contribution in [0.15, 0.2) is 60.0 Å². The van der Waals surface area contributed by atoms with E-state index in [1.807, 2.05) is 37.3 Å². The fourth-order valence-electron chi connectivity index (χ4n) is 3.01. The molecule has 186 valence electrons. The number of alkyl halides is 3. The minimum Gasteiger partial charge on any atom is -0.484 e. The van der Waals surface area contributed by atoms with Gasteiger partial charge in [0.1, 0.15) is 22.2 Å². The van der Waals surface area contributed by atoms with Crippen molar-refractivity contribution in [2.75, 3.05) is 6.61 Å². The summed E-state index contributed by atoms with van der Waals surface area (Å²) in [6, 6.07) is 14.7. The van der Waals surface area contributed by atoms with Crippen molar-refractivity contribution >= 4 is 23.2 Å². The van der Waals surface area contributed by atoms with Crippen LogP contribution in [0, 0.1) is 0 Å². The van der Waals surface area contributed by atoms with Gasteiger partial charge in [0.25, 0.3) is 11.8 Å². The molecule has 2 amide bonds. The molecule has 0 aliphatic rings. The maximum absolute atomic E-state index is 12.4. The SMILES string of the molecule is CC(CCc1ccccc1)NC(=O)c1csc(CNC(=O)COc2ccc(OC(F)(F)F)cc2)n1. The van der Waals surface area contributed by atoms with Crippen LogP contribution in [-0.4, -0.2) is 35.8 Å². The van der Waals surface area contributed by atoms with Crippen molar-refractivity contribution < 1.29 is 32.2 Å². The number of aromatic nitrogens is 1. The zero-order chi connectivity index (χ0) is 25.3. The average Bonchev–Trinajstić information content (AvgIpc) is 3.30. The lowest BCUT2D eigenvalue weighted by atomic mass is 10.1. The standard InChI is InChI=1S/C24H24F3N3O4S/c1-16(7-8-17-5-3-2-4-6-17)29-23(32)20-15-35-22(30-20)13-28-21(31)14-33-18-9-11-19(12-10-18)34-24(25,26)27/h2-6,9-12,15-16H,7-8,13-14H2,1H3,(H,28,31)(H,29,32). The van der Waals surface area contributed by atoms with Gasteiger partial charge in [0.2, 0.25) is 0 Å². The van der Waals surface area contributed by atoms with Gasteiger partial charge in [-0.15, -0.1) is 24.5 Å². The Bertz CT molecular complexity index is 1110. The van der Waals surface area contributed by atoms with Gasteiger partial charge in [0.05, 0.1) is 6.54 Å². The maximum Gasteiger partial charge on any atom is 0.573 e. The quantitative estimate of drug-likeness (QED) is 0.399. The predicted molar refractivity (Wildman–Crippen MR) is 124 cm³/mol. The Hall–Kier alpha value is -3.60. The number of amides is 2. The van der Waals surface area contributed by atoms with Crippen LogP contribution in [-0.2, 0) is 17.8 Å². The topological polar surface area (TPSA) is 89.6 Å². The van der Waals surface area contributed by atoms with E-state index in [9.17, 15) is 22.8 Å². The van der Waals surface area contributed by atoms with E-state index in [0.29, 0.717) is 5.01 Å². The number of ether oxygens (including phenoxy) is 2. The Morgan fingerprint density at radius 1 is 1.06 bits per heavy atom. The van der Waals surface area contributed by atoms with Crippen LogP contribution >= 0.6 is 11.3 Å². The van der Waals surface area contributed by atoms with Gasteiger partial charge < -0.3 is 20.1 Å². The number of hydrogen-bond donors (Lipinski definition) is 2. The van der Waals surface area contributed by atoms with E-state index in [1.165, 1.54) is 29.0 Å². The monoisotopic (exact) mass is 507 g/mol. The summed E-state index contributed by atoms with van der Waals surface area (Å²) in [7, 11) is 0. The molecule has 2 N–H and O–H groups in total. The minimum absolute atomic E-state index is 0.0289. The summed E-state index contributed by atoms with van der Waals surface area (Å²) < 4.78 is 45.6. The lowest BCUT2D eigenvalue weighted by Gasteiger charge is -2.12. The fraction of sp³-hybridized carbons (Fsp3) is 0.292. The van der Waals surface area contributed by atoms with Crippen molar-refractivity contribution in [3.05, 3.63) is 76.2 Å². The molecule has 1 aromatic heterocycles. The van der Waals surface area contributed by atoms with E-state index < -0.39 is 12.3 Å². The lowest BCUT2D eigenvalue weighted by molar-refractivity contribution is -0.274. The van der Waals surface area contributed by atoms with E-state index >= 15 is 0 Å². The summed E-state index contributed by atoms with van der Waals surface area (Å²) >= 11 is 1.24. The van der Waals surface area contributed by atoms with Gasteiger partial charge >= 0.3 is 6.36 Å². The number of nitrogens with zero attached hydrogens (tertiary/aromatic N) is 1. The molecule has 0 spiro atoms. The number of halogens is 3. The molecule has 35 heavy (non-hydrogen) atoms. The first-order valence-electron chi connectivity index (χ1n) is 10.7. The van der Waals surface area contributed by atoms with E-state index in [4.69, 9.17) is 4.74 Å². The summed E-state index contributed by atoms with van der Waals surface area (Å²) in [6.07, 6.45) is -3.13.